The highest BCUT2D eigenvalue weighted by Gasteiger charge is 2.34. The average molecular weight is 346 g/mol. The second-order valence-electron chi connectivity index (χ2n) is 6.63. The number of hydrogen-bond acceptors (Lipinski definition) is 4. The number of carbonyl (C=O) groups is 3. The van der Waals surface area contributed by atoms with E-state index in [0.717, 1.165) is 31.2 Å². The van der Waals surface area contributed by atoms with E-state index in [1.807, 2.05) is 16.8 Å². The Morgan fingerprint density at radius 3 is 2.68 bits per heavy atom. The molecule has 1 fully saturated rings. The number of aliphatic hydroxyl groups is 1. The molecule has 134 valence electrons. The lowest BCUT2D eigenvalue weighted by Crippen LogP contribution is -2.34. The minimum Gasteiger partial charge on any atom is -0.511 e. The molecule has 2 aliphatic rings. The van der Waals surface area contributed by atoms with Crippen LogP contribution in [-0.4, -0.2) is 39.0 Å². The molecule has 25 heavy (non-hydrogen) atoms. The molecule has 2 heterocycles. The number of nitrogens with zero attached hydrogens (tertiary/aromatic N) is 1. The van der Waals surface area contributed by atoms with Gasteiger partial charge in [-0.1, -0.05) is 6.42 Å². The van der Waals surface area contributed by atoms with Gasteiger partial charge in [0.25, 0.3) is 5.91 Å². The number of ketones is 1. The molecule has 7 nitrogen and oxygen atoms in total. The Hall–Kier alpha value is -2.57. The van der Waals surface area contributed by atoms with E-state index < -0.39 is 24.2 Å². The molecule has 7 heteroatoms. The second-order valence-corrected chi connectivity index (χ2v) is 6.63. The minimum atomic E-state index is -1.21. The van der Waals surface area contributed by atoms with E-state index in [-0.39, 0.29) is 17.8 Å². The molecule has 0 bridgehead atoms. The summed E-state index contributed by atoms with van der Waals surface area (Å²) in [6, 6.07) is 1.92. The first-order valence-electron chi connectivity index (χ1n) is 8.65. The van der Waals surface area contributed by atoms with Gasteiger partial charge in [-0.05, 0) is 43.2 Å². The van der Waals surface area contributed by atoms with E-state index in [4.69, 9.17) is 5.11 Å². The fourth-order valence-corrected chi connectivity index (χ4v) is 3.27. The molecule has 1 aliphatic heterocycles. The molecule has 0 unspecified atom stereocenters. The number of nitrogens with one attached hydrogen (secondary N) is 1. The molecule has 3 rings (SSSR count). The Morgan fingerprint density at radius 2 is 2.00 bits per heavy atom. The monoisotopic (exact) mass is 346 g/mol. The van der Waals surface area contributed by atoms with Crippen LogP contribution in [0.3, 0.4) is 0 Å². The number of carboxylic acid groups (broad SMARTS) is 1. The summed E-state index contributed by atoms with van der Waals surface area (Å²) >= 11 is 0. The average Bonchev–Trinajstić information content (AvgIpc) is 3.32. The smallest absolute Gasteiger partial charge is 0.322 e. The number of aliphatic hydroxyl groups excluding tert-OH is 1. The highest BCUT2D eigenvalue weighted by atomic mass is 16.4. The number of rotatable bonds is 4. The molecule has 0 atom stereocenters. The van der Waals surface area contributed by atoms with Crippen molar-refractivity contribution in [2.75, 3.05) is 6.54 Å². The van der Waals surface area contributed by atoms with Crippen molar-refractivity contribution in [1.82, 2.24) is 9.88 Å². The molecule has 0 aromatic carbocycles. The van der Waals surface area contributed by atoms with Crippen LogP contribution in [0.1, 0.15) is 60.5 Å². The Kier molecular flexibility index (Phi) is 4.92. The van der Waals surface area contributed by atoms with E-state index in [1.54, 1.807) is 0 Å². The van der Waals surface area contributed by atoms with E-state index >= 15 is 0 Å². The largest absolute Gasteiger partial charge is 0.511 e. The molecular formula is C18H22N2O5. The maximum absolute atomic E-state index is 13.1. The lowest BCUT2D eigenvalue weighted by atomic mass is 9.98. The van der Waals surface area contributed by atoms with Gasteiger partial charge in [-0.15, -0.1) is 0 Å². The Labute approximate surface area is 145 Å². The predicted octanol–water partition coefficient (Wildman–Crippen LogP) is 2.14. The van der Waals surface area contributed by atoms with E-state index in [1.165, 1.54) is 0 Å². The number of carbonyl (C=O) groups excluding carboxylic acids is 2. The first-order chi connectivity index (χ1) is 12.0. The molecule has 0 spiro atoms. The van der Waals surface area contributed by atoms with Crippen molar-refractivity contribution < 1.29 is 24.6 Å². The van der Waals surface area contributed by atoms with Gasteiger partial charge in [0.2, 0.25) is 5.78 Å². The molecular weight excluding hydrogens is 324 g/mol. The van der Waals surface area contributed by atoms with Crippen LogP contribution < -0.4 is 5.32 Å². The number of allylic oxidation sites excluding steroid dienone is 1. The first-order valence-corrected chi connectivity index (χ1v) is 8.65. The van der Waals surface area contributed by atoms with Gasteiger partial charge in [0.1, 0.15) is 17.9 Å². The number of aromatic nitrogens is 1. The highest BCUT2D eigenvalue weighted by molar-refractivity contribution is 6.26. The van der Waals surface area contributed by atoms with Crippen molar-refractivity contribution in [3.05, 3.63) is 34.9 Å². The summed E-state index contributed by atoms with van der Waals surface area (Å²) in [7, 11) is 0. The van der Waals surface area contributed by atoms with Crippen LogP contribution in [0.2, 0.25) is 0 Å². The number of hydrogen-bond donors (Lipinski definition) is 3. The number of aliphatic carboxylic acids is 1. The number of carboxylic acids is 1. The minimum absolute atomic E-state index is 0.237. The van der Waals surface area contributed by atoms with Gasteiger partial charge in [-0.2, -0.15) is 0 Å². The van der Waals surface area contributed by atoms with Gasteiger partial charge in [0.15, 0.2) is 0 Å². The molecule has 1 aliphatic carbocycles. The Balaban J connectivity index is 2.00. The zero-order valence-electron chi connectivity index (χ0n) is 14.0. The third kappa shape index (κ3) is 3.75. The lowest BCUT2D eigenvalue weighted by molar-refractivity contribution is -0.137. The third-order valence-electron chi connectivity index (χ3n) is 4.68. The summed E-state index contributed by atoms with van der Waals surface area (Å²) in [5.74, 6) is -2.49. The molecule has 1 aromatic rings. The normalized spacial score (nSPS) is 21.5. The highest BCUT2D eigenvalue weighted by Crippen LogP contribution is 2.43. The van der Waals surface area contributed by atoms with Crippen LogP contribution in [-0.2, 0) is 16.1 Å². The predicted molar refractivity (Wildman–Crippen MR) is 89.5 cm³/mol. The third-order valence-corrected chi connectivity index (χ3v) is 4.68. The van der Waals surface area contributed by atoms with Gasteiger partial charge < -0.3 is 20.1 Å². The maximum atomic E-state index is 13.1. The Bertz CT molecular complexity index is 743. The zero-order chi connectivity index (χ0) is 18.0. The number of aryl methyl sites for hydroxylation is 1. The van der Waals surface area contributed by atoms with Crippen molar-refractivity contribution in [2.45, 2.75) is 51.0 Å². The van der Waals surface area contributed by atoms with Crippen molar-refractivity contribution in [2.24, 2.45) is 0 Å². The summed E-state index contributed by atoms with van der Waals surface area (Å²) in [4.78, 5) is 36.2. The van der Waals surface area contributed by atoms with Crippen molar-refractivity contribution in [1.29, 1.82) is 0 Å². The molecule has 3 N–H and O–H groups in total. The Morgan fingerprint density at radius 1 is 1.24 bits per heavy atom. The van der Waals surface area contributed by atoms with Crippen molar-refractivity contribution in [3.8, 4) is 0 Å². The van der Waals surface area contributed by atoms with Crippen LogP contribution >= 0.6 is 0 Å². The fraction of sp³-hybridized carbons (Fsp3) is 0.500. The van der Waals surface area contributed by atoms with Gasteiger partial charge in [0.05, 0.1) is 5.69 Å². The van der Waals surface area contributed by atoms with Crippen molar-refractivity contribution >= 4 is 17.7 Å². The molecule has 1 aromatic heterocycles. The topological polar surface area (TPSA) is 109 Å². The number of Topliss-reactive ketones (excluding diaryl/α,β-unsaturated/α-hetero) is 1. The first kappa shape index (κ1) is 17.3. The number of amides is 1. The summed E-state index contributed by atoms with van der Waals surface area (Å²) in [6.45, 7) is 0.0952. The van der Waals surface area contributed by atoms with E-state index in [9.17, 15) is 19.5 Å². The summed E-state index contributed by atoms with van der Waals surface area (Å²) in [5.41, 5.74) is 1.04. The lowest BCUT2D eigenvalue weighted by Gasteiger charge is -2.16. The quantitative estimate of drug-likeness (QED) is 0.724. The van der Waals surface area contributed by atoms with Gasteiger partial charge in [0, 0.05) is 19.2 Å². The molecule has 1 amide bonds. The summed E-state index contributed by atoms with van der Waals surface area (Å²) in [5, 5.41) is 21.3. The van der Waals surface area contributed by atoms with Crippen LogP contribution in [0.15, 0.2) is 23.6 Å². The van der Waals surface area contributed by atoms with E-state index in [0.29, 0.717) is 24.6 Å². The summed E-state index contributed by atoms with van der Waals surface area (Å²) in [6.07, 6.45) is 6.57. The standard InChI is InChI=1S/C18H22N2O5/c21-13-4-2-1-3-8-20-9-7-12(11-5-6-11)16(20)17(24)15(13)18(25)19-10-14(22)23/h7,9,11,21H,1-6,8,10H2,(H,19,25)(H,22,23)/b15-13-. The van der Waals surface area contributed by atoms with Gasteiger partial charge in [-0.25, -0.2) is 0 Å². The molecule has 0 radical (unpaired) electrons. The van der Waals surface area contributed by atoms with E-state index in [2.05, 4.69) is 5.32 Å². The zero-order valence-corrected chi connectivity index (χ0v) is 14.0. The summed E-state index contributed by atoms with van der Waals surface area (Å²) < 4.78 is 1.86. The molecule has 0 saturated heterocycles. The van der Waals surface area contributed by atoms with Crippen LogP contribution in [0.25, 0.3) is 0 Å². The van der Waals surface area contributed by atoms with Crippen molar-refractivity contribution in [3.63, 3.8) is 0 Å². The van der Waals surface area contributed by atoms with Crippen LogP contribution in [0.5, 0.6) is 0 Å². The molecule has 1 saturated carbocycles. The maximum Gasteiger partial charge on any atom is 0.322 e. The SMILES string of the molecule is O=C(O)CNC(=O)/C1=C(\O)CCCCCn2ccc(C3CC3)c2C1=O. The fourth-order valence-electron chi connectivity index (χ4n) is 3.27. The second kappa shape index (κ2) is 7.13. The van der Waals surface area contributed by atoms with Gasteiger partial charge in [-0.3, -0.25) is 14.4 Å². The van der Waals surface area contributed by atoms with Gasteiger partial charge >= 0.3 is 5.97 Å². The number of fused-ring (bicyclic) bond motifs is 1. The van der Waals surface area contributed by atoms with Crippen LogP contribution in [0, 0.1) is 0 Å². The van der Waals surface area contributed by atoms with Crippen LogP contribution in [0.4, 0.5) is 0 Å².